The van der Waals surface area contributed by atoms with Crippen molar-refractivity contribution in [1.82, 2.24) is 10.2 Å². The minimum absolute atomic E-state index is 0.465. The molecule has 0 spiro atoms. The minimum atomic E-state index is 0.465. The van der Waals surface area contributed by atoms with Gasteiger partial charge in [0.2, 0.25) is 0 Å². The molecule has 1 aromatic rings. The zero-order valence-corrected chi connectivity index (χ0v) is 18.7. The smallest absolute Gasteiger partial charge is 0.0410 e. The second-order valence-corrected chi connectivity index (χ2v) is 7.98. The molecule has 0 saturated heterocycles. The third-order valence-corrected chi connectivity index (χ3v) is 5.63. The lowest BCUT2D eigenvalue weighted by Gasteiger charge is -2.25. The molecule has 0 heterocycles. The summed E-state index contributed by atoms with van der Waals surface area (Å²) >= 11 is 8.07. The number of thioether (sulfide) groups is 1. The molecular weight excluding hydrogens is 376 g/mol. The Morgan fingerprint density at radius 3 is 2.74 bits per heavy atom. The summed E-state index contributed by atoms with van der Waals surface area (Å²) in [5.41, 5.74) is 3.47. The van der Waals surface area contributed by atoms with Gasteiger partial charge in [-0.25, -0.2) is 0 Å². The van der Waals surface area contributed by atoms with Crippen molar-refractivity contribution in [2.75, 3.05) is 50.6 Å². The van der Waals surface area contributed by atoms with Crippen LogP contribution in [-0.4, -0.2) is 56.3 Å². The summed E-state index contributed by atoms with van der Waals surface area (Å²) < 4.78 is 0. The lowest BCUT2D eigenvalue weighted by molar-refractivity contribution is 0.299. The second-order valence-electron chi connectivity index (χ2n) is 6.55. The molecule has 1 rings (SSSR count). The van der Waals surface area contributed by atoms with Crippen molar-refractivity contribution >= 4 is 35.3 Å². The van der Waals surface area contributed by atoms with Crippen molar-refractivity contribution in [3.63, 3.8) is 0 Å². The van der Waals surface area contributed by atoms with Crippen LogP contribution in [0.5, 0.6) is 0 Å². The molecule has 0 radical (unpaired) electrons. The predicted molar refractivity (Wildman–Crippen MR) is 124 cm³/mol. The number of nitrogens with one attached hydrogen (secondary N) is 3. The van der Waals surface area contributed by atoms with Crippen molar-refractivity contribution < 1.29 is 0 Å². The Morgan fingerprint density at radius 1 is 1.37 bits per heavy atom. The van der Waals surface area contributed by atoms with E-state index in [2.05, 4.69) is 47.8 Å². The molecule has 1 aromatic carbocycles. The van der Waals surface area contributed by atoms with Crippen LogP contribution in [0.25, 0.3) is 0 Å². The first-order valence-corrected chi connectivity index (χ1v) is 11.5. The van der Waals surface area contributed by atoms with Crippen molar-refractivity contribution in [2.45, 2.75) is 32.6 Å². The van der Waals surface area contributed by atoms with Gasteiger partial charge in [0.05, 0.1) is 0 Å². The molecule has 0 aromatic heterocycles. The summed E-state index contributed by atoms with van der Waals surface area (Å²) in [7, 11) is 1.96. The maximum absolute atomic E-state index is 7.68. The third kappa shape index (κ3) is 8.58. The molecule has 1 atom stereocenters. The summed E-state index contributed by atoms with van der Waals surface area (Å²) in [5.74, 6) is 1.54. The predicted octanol–water partition coefficient (Wildman–Crippen LogP) is 5.07. The molecule has 4 nitrogen and oxygen atoms in total. The van der Waals surface area contributed by atoms with E-state index in [1.165, 1.54) is 11.8 Å². The molecule has 0 bridgehead atoms. The van der Waals surface area contributed by atoms with Gasteiger partial charge in [0.1, 0.15) is 0 Å². The van der Waals surface area contributed by atoms with E-state index in [1.807, 2.05) is 31.1 Å². The highest BCUT2D eigenvalue weighted by Gasteiger charge is 2.16. The maximum atomic E-state index is 7.68. The fraction of sp³-hybridized carbons (Fsp3) is 0.571. The highest BCUT2D eigenvalue weighted by Crippen LogP contribution is 2.32. The van der Waals surface area contributed by atoms with Crippen molar-refractivity contribution in [1.29, 1.82) is 5.41 Å². The summed E-state index contributed by atoms with van der Waals surface area (Å²) in [4.78, 5) is 2.40. The number of rotatable bonds is 14. The Labute approximate surface area is 174 Å². The fourth-order valence-electron chi connectivity index (χ4n) is 3.12. The van der Waals surface area contributed by atoms with E-state index in [-0.39, 0.29) is 0 Å². The number of nitrogens with zero attached hydrogens (tertiary/aromatic N) is 1. The van der Waals surface area contributed by atoms with E-state index in [9.17, 15) is 0 Å². The van der Waals surface area contributed by atoms with Crippen molar-refractivity contribution in [3.8, 4) is 0 Å². The molecule has 0 aliphatic carbocycles. The molecule has 6 heteroatoms. The van der Waals surface area contributed by atoms with Gasteiger partial charge in [-0.3, -0.25) is 4.90 Å². The van der Waals surface area contributed by atoms with Gasteiger partial charge >= 0.3 is 0 Å². The van der Waals surface area contributed by atoms with Gasteiger partial charge in [0.15, 0.2) is 0 Å². The van der Waals surface area contributed by atoms with Crippen molar-refractivity contribution in [2.24, 2.45) is 0 Å². The fourth-order valence-corrected chi connectivity index (χ4v) is 3.62. The van der Waals surface area contributed by atoms with Gasteiger partial charge in [0, 0.05) is 49.0 Å². The van der Waals surface area contributed by atoms with Crippen LogP contribution in [0.1, 0.15) is 38.2 Å². The Morgan fingerprint density at radius 2 is 2.15 bits per heavy atom. The van der Waals surface area contributed by atoms with Crippen LogP contribution in [0.4, 0.5) is 5.69 Å². The zero-order valence-electron chi connectivity index (χ0n) is 17.1. The van der Waals surface area contributed by atoms with E-state index < -0.39 is 0 Å². The SMILES string of the molecule is CCC(CCN(CC)C/C(C=N)=C/NCCSC)c1cc(Cl)ccc1NC. The molecular formula is C21H35ClN4S. The molecule has 3 N–H and O–H groups in total. The number of hydrogen-bond acceptors (Lipinski definition) is 5. The van der Waals surface area contributed by atoms with E-state index in [1.54, 1.807) is 0 Å². The average molecular weight is 411 g/mol. The Hall–Kier alpha value is -1.17. The lowest BCUT2D eigenvalue weighted by atomic mass is 9.91. The quantitative estimate of drug-likeness (QED) is 0.296. The van der Waals surface area contributed by atoms with Crippen LogP contribution in [-0.2, 0) is 0 Å². The largest absolute Gasteiger partial charge is 0.390 e. The highest BCUT2D eigenvalue weighted by molar-refractivity contribution is 7.98. The molecule has 0 saturated carbocycles. The van der Waals surface area contributed by atoms with E-state index in [4.69, 9.17) is 17.0 Å². The van der Waals surface area contributed by atoms with Gasteiger partial charge in [0.25, 0.3) is 0 Å². The van der Waals surface area contributed by atoms with E-state index in [0.29, 0.717) is 5.92 Å². The molecule has 0 fully saturated rings. The summed E-state index contributed by atoms with van der Waals surface area (Å²) in [6.45, 7) is 8.13. The van der Waals surface area contributed by atoms with Gasteiger partial charge in [-0.05, 0) is 67.4 Å². The normalized spacial score (nSPS) is 12.9. The molecule has 27 heavy (non-hydrogen) atoms. The van der Waals surface area contributed by atoms with Crippen LogP contribution in [0, 0.1) is 5.41 Å². The number of anilines is 1. The first-order chi connectivity index (χ1) is 13.1. The van der Waals surface area contributed by atoms with E-state index in [0.717, 1.165) is 61.1 Å². The lowest BCUT2D eigenvalue weighted by Crippen LogP contribution is -2.29. The average Bonchev–Trinajstić information content (AvgIpc) is 2.69. The molecule has 0 amide bonds. The summed E-state index contributed by atoms with van der Waals surface area (Å²) in [6.07, 6.45) is 7.70. The molecule has 1 unspecified atom stereocenters. The number of hydrogen-bond donors (Lipinski definition) is 3. The topological polar surface area (TPSA) is 51.2 Å². The van der Waals surface area contributed by atoms with Gasteiger partial charge in [-0.2, -0.15) is 11.8 Å². The standard InChI is InChI=1S/C21H35ClN4S/c1-5-18(20-13-19(22)7-8-21(20)24-3)9-11-26(6-2)16-17(14-23)15-25-10-12-27-4/h7-8,13-15,18,23-25H,5-6,9-12,16H2,1-4H3/b17-15+,23-14?. The monoisotopic (exact) mass is 410 g/mol. The van der Waals surface area contributed by atoms with Gasteiger partial charge in [-0.15, -0.1) is 0 Å². The first-order valence-electron chi connectivity index (χ1n) is 9.70. The zero-order chi connectivity index (χ0) is 20.1. The number of halogens is 1. The molecule has 152 valence electrons. The summed E-state index contributed by atoms with van der Waals surface area (Å²) in [5, 5.41) is 15.1. The molecule has 0 aliphatic heterocycles. The highest BCUT2D eigenvalue weighted by atomic mass is 35.5. The number of likely N-dealkylation sites (N-methyl/N-ethyl adjacent to an activating group) is 1. The Balaban J connectivity index is 2.71. The maximum Gasteiger partial charge on any atom is 0.0410 e. The van der Waals surface area contributed by atoms with Gasteiger partial charge in [-0.1, -0.05) is 25.4 Å². The van der Waals surface area contributed by atoms with Crippen LogP contribution in [0.15, 0.2) is 30.0 Å². The summed E-state index contributed by atoms with van der Waals surface area (Å²) in [6, 6.07) is 6.09. The van der Waals surface area contributed by atoms with Crippen LogP contribution in [0.3, 0.4) is 0 Å². The van der Waals surface area contributed by atoms with Crippen LogP contribution >= 0.6 is 23.4 Å². The van der Waals surface area contributed by atoms with E-state index >= 15 is 0 Å². The molecule has 0 aliphatic rings. The van der Waals surface area contributed by atoms with Crippen LogP contribution in [0.2, 0.25) is 5.02 Å². The Bertz CT molecular complexity index is 592. The van der Waals surface area contributed by atoms with Crippen LogP contribution < -0.4 is 10.6 Å². The number of benzene rings is 1. The second kappa shape index (κ2) is 13.9. The third-order valence-electron chi connectivity index (χ3n) is 4.79. The van der Waals surface area contributed by atoms with Gasteiger partial charge < -0.3 is 16.0 Å². The minimum Gasteiger partial charge on any atom is -0.390 e. The first kappa shape index (κ1) is 23.9. The Kier molecular flexibility index (Phi) is 12.3. The van der Waals surface area contributed by atoms with Crippen molar-refractivity contribution in [3.05, 3.63) is 40.6 Å².